The molecule has 6 nitrogen and oxygen atoms in total. The van der Waals surface area contributed by atoms with Crippen LogP contribution in [0.1, 0.15) is 38.3 Å². The number of benzene rings is 2. The molecule has 2 aromatic carbocycles. The van der Waals surface area contributed by atoms with Crippen molar-refractivity contribution in [1.29, 1.82) is 0 Å². The van der Waals surface area contributed by atoms with Gasteiger partial charge in [-0.25, -0.2) is 9.50 Å². The average molecular weight is 402 g/mol. The van der Waals surface area contributed by atoms with Gasteiger partial charge in [0.25, 0.3) is 5.56 Å². The molecule has 2 N–H and O–H groups in total. The molecule has 0 saturated carbocycles. The van der Waals surface area contributed by atoms with Gasteiger partial charge in [0.05, 0.1) is 0 Å². The van der Waals surface area contributed by atoms with Crippen molar-refractivity contribution in [2.75, 3.05) is 11.9 Å². The van der Waals surface area contributed by atoms with Crippen LogP contribution in [0.2, 0.25) is 0 Å². The molecule has 0 saturated heterocycles. The van der Waals surface area contributed by atoms with E-state index >= 15 is 0 Å². The first-order chi connectivity index (χ1) is 14.4. The summed E-state index contributed by atoms with van der Waals surface area (Å²) in [6.45, 7) is 7.31. The normalized spacial score (nSPS) is 11.7. The Morgan fingerprint density at radius 3 is 2.43 bits per heavy atom. The molecule has 30 heavy (non-hydrogen) atoms. The van der Waals surface area contributed by atoms with Crippen LogP contribution in [-0.4, -0.2) is 26.1 Å². The van der Waals surface area contributed by atoms with Gasteiger partial charge in [-0.2, -0.15) is 4.98 Å². The van der Waals surface area contributed by atoms with E-state index in [2.05, 4.69) is 72.6 Å². The van der Waals surface area contributed by atoms with Gasteiger partial charge in [-0.3, -0.25) is 9.89 Å². The van der Waals surface area contributed by atoms with Crippen molar-refractivity contribution < 1.29 is 0 Å². The quantitative estimate of drug-likeness (QED) is 0.469. The summed E-state index contributed by atoms with van der Waals surface area (Å²) < 4.78 is 1.61. The lowest BCUT2D eigenvalue weighted by Gasteiger charge is -2.19. The highest BCUT2D eigenvalue weighted by Gasteiger charge is 2.15. The fraction of sp³-hybridized carbons (Fsp3) is 0.292. The summed E-state index contributed by atoms with van der Waals surface area (Å²) in [5.74, 6) is 1.19. The number of fused-ring (bicyclic) bond motifs is 1. The fourth-order valence-electron chi connectivity index (χ4n) is 3.41. The van der Waals surface area contributed by atoms with Gasteiger partial charge < -0.3 is 5.32 Å². The van der Waals surface area contributed by atoms with Crippen molar-refractivity contribution in [3.63, 3.8) is 0 Å². The second-order valence-electron chi connectivity index (χ2n) is 8.53. The number of hydrogen-bond donors (Lipinski definition) is 2. The third-order valence-corrected chi connectivity index (χ3v) is 5.13. The zero-order chi connectivity index (χ0) is 21.1. The van der Waals surface area contributed by atoms with Gasteiger partial charge in [-0.15, -0.1) is 0 Å². The molecule has 0 fully saturated rings. The Morgan fingerprint density at radius 1 is 1.00 bits per heavy atom. The molecule has 0 spiro atoms. The number of nitrogens with zero attached hydrogens (tertiary/aromatic N) is 3. The minimum atomic E-state index is -0.197. The van der Waals surface area contributed by atoms with Crippen LogP contribution < -0.4 is 10.9 Å². The van der Waals surface area contributed by atoms with Gasteiger partial charge in [0.15, 0.2) is 11.5 Å². The smallest absolute Gasteiger partial charge is 0.266 e. The van der Waals surface area contributed by atoms with Crippen LogP contribution in [0.5, 0.6) is 0 Å². The highest BCUT2D eigenvalue weighted by atomic mass is 16.1. The van der Waals surface area contributed by atoms with Crippen molar-refractivity contribution in [3.8, 4) is 11.4 Å². The van der Waals surface area contributed by atoms with Gasteiger partial charge in [0, 0.05) is 18.2 Å². The summed E-state index contributed by atoms with van der Waals surface area (Å²) in [7, 11) is 0. The minimum absolute atomic E-state index is 0.0861. The number of rotatable bonds is 6. The molecule has 6 heteroatoms. The topological polar surface area (TPSA) is 75.1 Å². The van der Waals surface area contributed by atoms with Gasteiger partial charge in [-0.05, 0) is 29.4 Å². The number of H-pyrrole nitrogens is 1. The number of hydrogen-bond acceptors (Lipinski definition) is 4. The van der Waals surface area contributed by atoms with E-state index in [0.717, 1.165) is 24.9 Å². The van der Waals surface area contributed by atoms with Crippen LogP contribution in [-0.2, 0) is 11.8 Å². The van der Waals surface area contributed by atoms with Crippen LogP contribution in [0.15, 0.2) is 65.5 Å². The molecule has 0 atom stereocenters. The summed E-state index contributed by atoms with van der Waals surface area (Å²) in [5.41, 5.74) is 3.92. The zero-order valence-corrected chi connectivity index (χ0v) is 17.6. The standard InChI is InChI=1S/C24H27N5O/c1-24(2,3)19-13-11-18(12-14-19)22-26-20-16-21(30)28-29(20)23(27-22)25-15-7-10-17-8-5-4-6-9-17/h4-6,8-9,11-14,16H,7,10,15H2,1-3H3,(H,28,30)(H,25,26,27). The number of aromatic nitrogens is 4. The van der Waals surface area contributed by atoms with Crippen molar-refractivity contribution in [1.82, 2.24) is 19.6 Å². The Bertz CT molecular complexity index is 1180. The number of anilines is 1. The highest BCUT2D eigenvalue weighted by Crippen LogP contribution is 2.25. The maximum absolute atomic E-state index is 11.9. The molecule has 0 aliphatic rings. The second kappa shape index (κ2) is 8.14. The van der Waals surface area contributed by atoms with E-state index in [0.29, 0.717) is 17.4 Å². The van der Waals surface area contributed by atoms with E-state index in [4.69, 9.17) is 4.98 Å². The highest BCUT2D eigenvalue weighted by molar-refractivity contribution is 5.60. The van der Waals surface area contributed by atoms with Crippen LogP contribution in [0.25, 0.3) is 17.0 Å². The van der Waals surface area contributed by atoms with E-state index in [-0.39, 0.29) is 11.0 Å². The van der Waals surface area contributed by atoms with Crippen molar-refractivity contribution in [2.24, 2.45) is 0 Å². The minimum Gasteiger partial charge on any atom is -0.354 e. The van der Waals surface area contributed by atoms with Crippen LogP contribution in [0, 0.1) is 0 Å². The van der Waals surface area contributed by atoms with Crippen molar-refractivity contribution in [3.05, 3.63) is 82.1 Å². The van der Waals surface area contributed by atoms with E-state index in [1.54, 1.807) is 4.52 Å². The molecular formula is C24H27N5O. The first kappa shape index (κ1) is 19.9. The summed E-state index contributed by atoms with van der Waals surface area (Å²) in [6, 6.07) is 20.2. The first-order valence-corrected chi connectivity index (χ1v) is 10.3. The monoisotopic (exact) mass is 401 g/mol. The Hall–Kier alpha value is -3.41. The van der Waals surface area contributed by atoms with Crippen LogP contribution in [0.3, 0.4) is 0 Å². The number of nitrogens with one attached hydrogen (secondary N) is 2. The molecule has 0 unspecified atom stereocenters. The number of aryl methyl sites for hydroxylation is 1. The SMILES string of the molecule is CC(C)(C)c1ccc(-c2nc(NCCCc3ccccc3)n3[nH]c(=O)cc3n2)cc1. The predicted octanol–water partition coefficient (Wildman–Crippen LogP) is 4.43. The molecule has 0 bridgehead atoms. The summed E-state index contributed by atoms with van der Waals surface area (Å²) >= 11 is 0. The molecular weight excluding hydrogens is 374 g/mol. The second-order valence-corrected chi connectivity index (χ2v) is 8.53. The van der Waals surface area contributed by atoms with Crippen LogP contribution in [0.4, 0.5) is 5.95 Å². The summed E-state index contributed by atoms with van der Waals surface area (Å²) in [4.78, 5) is 21.2. The Morgan fingerprint density at radius 2 is 1.73 bits per heavy atom. The molecule has 4 rings (SSSR count). The van der Waals surface area contributed by atoms with E-state index in [1.165, 1.54) is 17.2 Å². The Labute approximate surface area is 176 Å². The first-order valence-electron chi connectivity index (χ1n) is 10.3. The molecule has 2 heterocycles. The van der Waals surface area contributed by atoms with Gasteiger partial charge in [0.1, 0.15) is 0 Å². The summed E-state index contributed by atoms with van der Waals surface area (Å²) in [6.07, 6.45) is 1.93. The van der Waals surface area contributed by atoms with Crippen LogP contribution >= 0.6 is 0 Å². The molecule has 0 aliphatic heterocycles. The Kier molecular flexibility index (Phi) is 5.40. The number of aromatic amines is 1. The molecule has 0 aliphatic carbocycles. The van der Waals surface area contributed by atoms with Gasteiger partial charge in [0.2, 0.25) is 5.95 Å². The molecule has 0 amide bonds. The van der Waals surface area contributed by atoms with Gasteiger partial charge in [-0.1, -0.05) is 75.4 Å². The van der Waals surface area contributed by atoms with E-state index < -0.39 is 0 Å². The molecule has 4 aromatic rings. The Balaban J connectivity index is 1.57. The predicted molar refractivity (Wildman–Crippen MR) is 121 cm³/mol. The third-order valence-electron chi connectivity index (χ3n) is 5.13. The lowest BCUT2D eigenvalue weighted by atomic mass is 9.87. The molecule has 2 aromatic heterocycles. The van der Waals surface area contributed by atoms with Crippen molar-refractivity contribution >= 4 is 11.6 Å². The maximum atomic E-state index is 11.9. The average Bonchev–Trinajstić information content (AvgIpc) is 3.11. The lowest BCUT2D eigenvalue weighted by Crippen LogP contribution is -2.13. The lowest BCUT2D eigenvalue weighted by molar-refractivity contribution is 0.590. The zero-order valence-electron chi connectivity index (χ0n) is 17.6. The third kappa shape index (κ3) is 4.43. The molecule has 154 valence electrons. The summed E-state index contributed by atoms with van der Waals surface area (Å²) in [5, 5.41) is 6.13. The van der Waals surface area contributed by atoms with Gasteiger partial charge >= 0.3 is 0 Å². The molecule has 0 radical (unpaired) electrons. The largest absolute Gasteiger partial charge is 0.354 e. The van der Waals surface area contributed by atoms with Crippen molar-refractivity contribution in [2.45, 2.75) is 39.0 Å². The fourth-order valence-corrected chi connectivity index (χ4v) is 3.41. The van der Waals surface area contributed by atoms with E-state index in [1.807, 2.05) is 18.2 Å². The van der Waals surface area contributed by atoms with E-state index in [9.17, 15) is 4.79 Å². The maximum Gasteiger partial charge on any atom is 0.266 e.